The number of aromatic nitrogens is 5. The van der Waals surface area contributed by atoms with Crippen LogP contribution in [0.25, 0.3) is 22.9 Å². The van der Waals surface area contributed by atoms with E-state index < -0.39 is 0 Å². The first-order valence-corrected chi connectivity index (χ1v) is 9.53. The van der Waals surface area contributed by atoms with E-state index in [0.717, 1.165) is 16.8 Å². The Kier molecular flexibility index (Phi) is 5.04. The molecule has 0 saturated heterocycles. The Labute approximate surface area is 166 Å². The summed E-state index contributed by atoms with van der Waals surface area (Å²) in [4.78, 5) is 8.71. The summed E-state index contributed by atoms with van der Waals surface area (Å²) in [5.41, 5.74) is 5.22. The Morgan fingerprint density at radius 3 is 2.86 bits per heavy atom. The smallest absolute Gasteiger partial charge is 0.134 e. The second-order valence-electron chi connectivity index (χ2n) is 6.28. The fourth-order valence-corrected chi connectivity index (χ4v) is 3.47. The van der Waals surface area contributed by atoms with Crippen molar-refractivity contribution in [2.24, 2.45) is 0 Å². The molecule has 0 N–H and O–H groups in total. The van der Waals surface area contributed by atoms with E-state index in [0.29, 0.717) is 22.8 Å². The van der Waals surface area contributed by atoms with Gasteiger partial charge >= 0.3 is 0 Å². The van der Waals surface area contributed by atoms with E-state index in [1.54, 1.807) is 29.3 Å². The average Bonchev–Trinajstić information content (AvgIpc) is 3.37. The molecule has 0 aliphatic rings. The number of pyridine rings is 1. The van der Waals surface area contributed by atoms with Crippen LogP contribution in [0, 0.1) is 18.3 Å². The van der Waals surface area contributed by atoms with E-state index in [1.807, 2.05) is 36.6 Å². The van der Waals surface area contributed by atoms with Gasteiger partial charge in [0.05, 0.1) is 24.0 Å². The maximum absolute atomic E-state index is 9.58. The SMILES string of the molecule is Cc1ccc(-c2csc(/C(C#N)=C\c3cn(Cc4cccnc4)nn3)n2)cc1. The molecule has 4 aromatic rings. The van der Waals surface area contributed by atoms with Crippen LogP contribution in [0.3, 0.4) is 0 Å². The molecule has 1 aromatic carbocycles. The first-order chi connectivity index (χ1) is 13.7. The number of thiazole rings is 1. The quantitative estimate of drug-likeness (QED) is 0.481. The van der Waals surface area contributed by atoms with Crippen molar-refractivity contribution in [3.63, 3.8) is 0 Å². The summed E-state index contributed by atoms with van der Waals surface area (Å²) in [5, 5.41) is 20.5. The molecule has 0 radical (unpaired) electrons. The molecule has 0 aliphatic heterocycles. The van der Waals surface area contributed by atoms with Crippen LogP contribution in [0.1, 0.15) is 21.8 Å². The molecule has 0 spiro atoms. The lowest BCUT2D eigenvalue weighted by Crippen LogP contribution is -2.00. The molecule has 0 saturated carbocycles. The number of aryl methyl sites for hydroxylation is 1. The van der Waals surface area contributed by atoms with Crippen molar-refractivity contribution in [3.05, 3.63) is 82.2 Å². The summed E-state index contributed by atoms with van der Waals surface area (Å²) in [6.45, 7) is 2.62. The Morgan fingerprint density at radius 2 is 2.11 bits per heavy atom. The summed E-state index contributed by atoms with van der Waals surface area (Å²) < 4.78 is 1.72. The van der Waals surface area contributed by atoms with Gasteiger partial charge in [0.25, 0.3) is 0 Å². The maximum atomic E-state index is 9.58. The van der Waals surface area contributed by atoms with Gasteiger partial charge in [-0.1, -0.05) is 41.1 Å². The van der Waals surface area contributed by atoms with Crippen molar-refractivity contribution in [2.75, 3.05) is 0 Å². The molecular formula is C21H16N6S. The van der Waals surface area contributed by atoms with Crippen molar-refractivity contribution in [1.29, 1.82) is 5.26 Å². The van der Waals surface area contributed by atoms with E-state index >= 15 is 0 Å². The van der Waals surface area contributed by atoms with Gasteiger partial charge in [0.2, 0.25) is 0 Å². The minimum absolute atomic E-state index is 0.469. The Bertz CT molecular complexity index is 1150. The molecule has 3 heterocycles. The van der Waals surface area contributed by atoms with Crippen LogP contribution in [0.2, 0.25) is 0 Å². The number of nitrogens with zero attached hydrogens (tertiary/aromatic N) is 6. The molecule has 0 aliphatic carbocycles. The molecule has 0 amide bonds. The molecule has 28 heavy (non-hydrogen) atoms. The summed E-state index contributed by atoms with van der Waals surface area (Å²) in [5.74, 6) is 0. The molecule has 0 atom stereocenters. The summed E-state index contributed by atoms with van der Waals surface area (Å²) >= 11 is 1.44. The molecule has 0 fully saturated rings. The van der Waals surface area contributed by atoms with Gasteiger partial charge in [0.1, 0.15) is 16.8 Å². The van der Waals surface area contributed by atoms with E-state index in [2.05, 4.69) is 38.5 Å². The maximum Gasteiger partial charge on any atom is 0.134 e. The predicted molar refractivity (Wildman–Crippen MR) is 109 cm³/mol. The third-order valence-electron chi connectivity index (χ3n) is 4.12. The fourth-order valence-electron chi connectivity index (χ4n) is 2.68. The van der Waals surface area contributed by atoms with Crippen LogP contribution >= 0.6 is 11.3 Å². The Hall–Kier alpha value is -3.63. The highest BCUT2D eigenvalue weighted by Crippen LogP contribution is 2.27. The highest BCUT2D eigenvalue weighted by Gasteiger charge is 2.10. The Balaban J connectivity index is 1.55. The second-order valence-corrected chi connectivity index (χ2v) is 7.13. The van der Waals surface area contributed by atoms with Crippen LogP contribution < -0.4 is 0 Å². The van der Waals surface area contributed by atoms with Gasteiger partial charge in [-0.05, 0) is 24.6 Å². The van der Waals surface area contributed by atoms with Crippen molar-refractivity contribution >= 4 is 23.0 Å². The van der Waals surface area contributed by atoms with Gasteiger partial charge in [0, 0.05) is 23.3 Å². The number of allylic oxidation sites excluding steroid dienone is 1. The molecular weight excluding hydrogens is 368 g/mol. The van der Waals surface area contributed by atoms with Crippen LogP contribution in [-0.2, 0) is 6.54 Å². The molecule has 136 valence electrons. The van der Waals surface area contributed by atoms with Gasteiger partial charge in [-0.25, -0.2) is 9.67 Å². The average molecular weight is 384 g/mol. The molecule has 3 aromatic heterocycles. The zero-order valence-electron chi connectivity index (χ0n) is 15.1. The second kappa shape index (κ2) is 7.94. The highest BCUT2D eigenvalue weighted by atomic mass is 32.1. The van der Waals surface area contributed by atoms with Gasteiger partial charge < -0.3 is 0 Å². The predicted octanol–water partition coefficient (Wildman–Crippen LogP) is 4.22. The fraction of sp³-hybridized carbons (Fsp3) is 0.0952. The number of hydrogen-bond acceptors (Lipinski definition) is 6. The van der Waals surface area contributed by atoms with E-state index in [4.69, 9.17) is 0 Å². The lowest BCUT2D eigenvalue weighted by Gasteiger charge is -1.98. The first kappa shape index (κ1) is 17.8. The van der Waals surface area contributed by atoms with Gasteiger partial charge in [-0.3, -0.25) is 4.98 Å². The van der Waals surface area contributed by atoms with E-state index in [1.165, 1.54) is 16.9 Å². The Morgan fingerprint density at radius 1 is 1.25 bits per heavy atom. The zero-order valence-corrected chi connectivity index (χ0v) is 16.0. The molecule has 6 nitrogen and oxygen atoms in total. The van der Waals surface area contributed by atoms with E-state index in [9.17, 15) is 5.26 Å². The number of rotatable bonds is 5. The highest BCUT2D eigenvalue weighted by molar-refractivity contribution is 7.11. The lowest BCUT2D eigenvalue weighted by molar-refractivity contribution is 0.648. The largest absolute Gasteiger partial charge is 0.264 e. The molecule has 0 bridgehead atoms. The van der Waals surface area contributed by atoms with Crippen molar-refractivity contribution in [2.45, 2.75) is 13.5 Å². The molecule has 0 unspecified atom stereocenters. The first-order valence-electron chi connectivity index (χ1n) is 8.65. The lowest BCUT2D eigenvalue weighted by atomic mass is 10.1. The van der Waals surface area contributed by atoms with Gasteiger partial charge in [-0.2, -0.15) is 5.26 Å². The minimum atomic E-state index is 0.469. The minimum Gasteiger partial charge on any atom is -0.264 e. The summed E-state index contributed by atoms with van der Waals surface area (Å²) in [6, 6.07) is 14.3. The number of benzene rings is 1. The van der Waals surface area contributed by atoms with Gasteiger partial charge in [-0.15, -0.1) is 16.4 Å². The van der Waals surface area contributed by atoms with Crippen LogP contribution in [0.5, 0.6) is 0 Å². The van der Waals surface area contributed by atoms with E-state index in [-0.39, 0.29) is 0 Å². The van der Waals surface area contributed by atoms with Crippen LogP contribution in [0.15, 0.2) is 60.4 Å². The third-order valence-corrected chi connectivity index (χ3v) is 4.99. The van der Waals surface area contributed by atoms with Crippen LogP contribution in [-0.4, -0.2) is 25.0 Å². The van der Waals surface area contributed by atoms with Crippen molar-refractivity contribution in [1.82, 2.24) is 25.0 Å². The standard InChI is InChI=1S/C21H16N6S/c1-15-4-6-17(7-5-15)20-14-28-21(24-20)18(10-22)9-19-13-27(26-25-19)12-16-3-2-8-23-11-16/h2-9,11,13-14H,12H2,1H3/b18-9-. The van der Waals surface area contributed by atoms with Gasteiger partial charge in [0.15, 0.2) is 0 Å². The normalized spacial score (nSPS) is 11.4. The zero-order chi connectivity index (χ0) is 19.3. The summed E-state index contributed by atoms with van der Waals surface area (Å²) in [6.07, 6.45) is 7.04. The van der Waals surface area contributed by atoms with Crippen molar-refractivity contribution < 1.29 is 0 Å². The molecule has 7 heteroatoms. The number of hydrogen-bond donors (Lipinski definition) is 0. The van der Waals surface area contributed by atoms with Crippen LogP contribution in [0.4, 0.5) is 0 Å². The van der Waals surface area contributed by atoms with Crippen molar-refractivity contribution in [3.8, 4) is 17.3 Å². The topological polar surface area (TPSA) is 80.3 Å². The summed E-state index contributed by atoms with van der Waals surface area (Å²) in [7, 11) is 0. The monoisotopic (exact) mass is 384 g/mol. The third kappa shape index (κ3) is 4.03. The molecule has 4 rings (SSSR count). The number of nitriles is 1.